The largest absolute Gasteiger partial charge is 0.461 e. The Kier molecular flexibility index (Phi) is 2.37. The molecular weight excluding hydrogens is 291 g/mol. The molecule has 1 saturated heterocycles. The van der Waals surface area contributed by atoms with Crippen LogP contribution in [0.4, 0.5) is 0 Å². The van der Waals surface area contributed by atoms with E-state index in [1.54, 1.807) is 0 Å². The highest BCUT2D eigenvalue weighted by Crippen LogP contribution is 2.54. The molecule has 2 fully saturated rings. The van der Waals surface area contributed by atoms with Gasteiger partial charge in [-0.15, -0.1) is 0 Å². The molecule has 2 aliphatic rings. The standard InChI is InChI=1S/C11H17IO2/c1-10(2)4-7(12)9-11(3,6-10)5-8(13)14-9/h7,9H,4-6H2,1-3H3/t7-,9+,11-/m1/s1. The molecule has 2 nitrogen and oxygen atoms in total. The Morgan fingerprint density at radius 2 is 2.07 bits per heavy atom. The summed E-state index contributed by atoms with van der Waals surface area (Å²) in [6, 6.07) is 0. The molecule has 0 bridgehead atoms. The highest BCUT2D eigenvalue weighted by atomic mass is 127. The number of carbonyl (C=O) groups is 1. The molecule has 0 spiro atoms. The van der Waals surface area contributed by atoms with Crippen molar-refractivity contribution in [1.29, 1.82) is 0 Å². The number of esters is 1. The number of hydrogen-bond acceptors (Lipinski definition) is 2. The van der Waals surface area contributed by atoms with Gasteiger partial charge in [-0.1, -0.05) is 43.4 Å². The first-order valence-electron chi connectivity index (χ1n) is 5.16. The Hall–Kier alpha value is 0.200. The number of alkyl halides is 1. The van der Waals surface area contributed by atoms with Gasteiger partial charge >= 0.3 is 5.97 Å². The highest BCUT2D eigenvalue weighted by Gasteiger charge is 2.54. The van der Waals surface area contributed by atoms with Gasteiger partial charge in [0.15, 0.2) is 0 Å². The van der Waals surface area contributed by atoms with Crippen LogP contribution in [0.1, 0.15) is 40.0 Å². The molecule has 14 heavy (non-hydrogen) atoms. The van der Waals surface area contributed by atoms with Crippen molar-refractivity contribution in [3.63, 3.8) is 0 Å². The maximum Gasteiger partial charge on any atom is 0.306 e. The number of halogens is 1. The van der Waals surface area contributed by atoms with Crippen molar-refractivity contribution >= 4 is 28.6 Å². The van der Waals surface area contributed by atoms with Gasteiger partial charge in [0.1, 0.15) is 6.10 Å². The van der Waals surface area contributed by atoms with Crippen LogP contribution in [0.2, 0.25) is 0 Å². The lowest BCUT2D eigenvalue weighted by atomic mass is 9.62. The molecule has 3 heteroatoms. The lowest BCUT2D eigenvalue weighted by Gasteiger charge is -2.45. The fourth-order valence-corrected chi connectivity index (χ4v) is 5.44. The van der Waals surface area contributed by atoms with Crippen LogP contribution in [-0.4, -0.2) is 16.0 Å². The Labute approximate surface area is 98.9 Å². The summed E-state index contributed by atoms with van der Waals surface area (Å²) in [6.45, 7) is 6.79. The van der Waals surface area contributed by atoms with E-state index < -0.39 is 0 Å². The Balaban J connectivity index is 2.27. The summed E-state index contributed by atoms with van der Waals surface area (Å²) in [6.07, 6.45) is 3.03. The molecule has 1 aliphatic carbocycles. The Bertz CT molecular complexity index is 274. The molecule has 3 atom stereocenters. The smallest absolute Gasteiger partial charge is 0.306 e. The summed E-state index contributed by atoms with van der Waals surface area (Å²) in [4.78, 5) is 11.3. The normalized spacial score (nSPS) is 45.9. The van der Waals surface area contributed by atoms with Gasteiger partial charge in [-0.05, 0) is 18.3 Å². The zero-order chi connectivity index (χ0) is 10.6. The lowest BCUT2D eigenvalue weighted by molar-refractivity contribution is -0.142. The number of fused-ring (bicyclic) bond motifs is 1. The monoisotopic (exact) mass is 308 g/mol. The minimum Gasteiger partial charge on any atom is -0.461 e. The van der Waals surface area contributed by atoms with Crippen LogP contribution >= 0.6 is 22.6 Å². The van der Waals surface area contributed by atoms with Crippen LogP contribution in [0, 0.1) is 10.8 Å². The molecule has 0 aromatic carbocycles. The Morgan fingerprint density at radius 1 is 1.43 bits per heavy atom. The lowest BCUT2D eigenvalue weighted by Crippen LogP contribution is -2.45. The van der Waals surface area contributed by atoms with E-state index in [9.17, 15) is 4.79 Å². The summed E-state index contributed by atoms with van der Waals surface area (Å²) in [5, 5.41) is 0. The number of hydrogen-bond donors (Lipinski definition) is 0. The average molecular weight is 308 g/mol. The molecule has 2 rings (SSSR count). The van der Waals surface area contributed by atoms with E-state index >= 15 is 0 Å². The molecule has 0 unspecified atom stereocenters. The molecule has 1 heterocycles. The predicted molar refractivity (Wildman–Crippen MR) is 63.4 cm³/mol. The number of ether oxygens (including phenoxy) is 1. The summed E-state index contributed by atoms with van der Waals surface area (Å²) in [5.41, 5.74) is 0.440. The zero-order valence-electron chi connectivity index (χ0n) is 8.97. The van der Waals surface area contributed by atoms with Crippen molar-refractivity contribution in [2.75, 3.05) is 0 Å². The molecule has 0 aromatic heterocycles. The summed E-state index contributed by atoms with van der Waals surface area (Å²) in [5.74, 6) is -0.00290. The van der Waals surface area contributed by atoms with Gasteiger partial charge in [0.2, 0.25) is 0 Å². The fourth-order valence-electron chi connectivity index (χ4n) is 3.23. The highest BCUT2D eigenvalue weighted by molar-refractivity contribution is 14.1. The van der Waals surface area contributed by atoms with Crippen LogP contribution < -0.4 is 0 Å². The summed E-state index contributed by atoms with van der Waals surface area (Å²) >= 11 is 2.44. The van der Waals surface area contributed by atoms with Gasteiger partial charge in [0.25, 0.3) is 0 Å². The third-order valence-corrected chi connectivity index (χ3v) is 4.55. The van der Waals surface area contributed by atoms with Crippen molar-refractivity contribution in [2.24, 2.45) is 10.8 Å². The topological polar surface area (TPSA) is 26.3 Å². The molecule has 0 amide bonds. The average Bonchev–Trinajstić information content (AvgIpc) is 2.21. The van der Waals surface area contributed by atoms with Crippen LogP contribution in [0.3, 0.4) is 0 Å². The first-order valence-corrected chi connectivity index (χ1v) is 6.41. The molecule has 0 N–H and O–H groups in total. The van der Waals surface area contributed by atoms with E-state index in [1.165, 1.54) is 0 Å². The van der Waals surface area contributed by atoms with Crippen molar-refractivity contribution in [3.05, 3.63) is 0 Å². The molecule has 0 aromatic rings. The van der Waals surface area contributed by atoms with Gasteiger partial charge in [-0.2, -0.15) is 0 Å². The van der Waals surface area contributed by atoms with Gasteiger partial charge in [-0.3, -0.25) is 4.79 Å². The van der Waals surface area contributed by atoms with E-state index in [1.807, 2.05) is 0 Å². The third-order valence-electron chi connectivity index (χ3n) is 3.45. The first-order chi connectivity index (χ1) is 6.32. The van der Waals surface area contributed by atoms with Gasteiger partial charge < -0.3 is 4.74 Å². The van der Waals surface area contributed by atoms with Crippen molar-refractivity contribution in [1.82, 2.24) is 0 Å². The minimum atomic E-state index is -0.00290. The maximum atomic E-state index is 11.3. The SMILES string of the molecule is CC1(C)C[C@@H](I)[C@@H]2OC(=O)C[C@]2(C)C1. The third kappa shape index (κ3) is 1.68. The molecule has 1 saturated carbocycles. The van der Waals surface area contributed by atoms with Crippen LogP contribution in [0.5, 0.6) is 0 Å². The quantitative estimate of drug-likeness (QED) is 0.391. The van der Waals surface area contributed by atoms with Gasteiger partial charge in [0.05, 0.1) is 6.42 Å². The molecule has 0 radical (unpaired) electrons. The van der Waals surface area contributed by atoms with Crippen molar-refractivity contribution in [3.8, 4) is 0 Å². The van der Waals surface area contributed by atoms with E-state index in [-0.39, 0.29) is 17.5 Å². The molecule has 1 aliphatic heterocycles. The second kappa shape index (κ2) is 3.09. The fraction of sp³-hybridized carbons (Fsp3) is 0.909. The second-order valence-corrected chi connectivity index (χ2v) is 7.40. The summed E-state index contributed by atoms with van der Waals surface area (Å²) in [7, 11) is 0. The van der Waals surface area contributed by atoms with Gasteiger partial charge in [0, 0.05) is 9.34 Å². The van der Waals surface area contributed by atoms with E-state index in [2.05, 4.69) is 43.4 Å². The van der Waals surface area contributed by atoms with Crippen LogP contribution in [-0.2, 0) is 9.53 Å². The van der Waals surface area contributed by atoms with Crippen molar-refractivity contribution in [2.45, 2.75) is 50.1 Å². The number of carbonyl (C=O) groups excluding carboxylic acids is 1. The van der Waals surface area contributed by atoms with Gasteiger partial charge in [-0.25, -0.2) is 0 Å². The Morgan fingerprint density at radius 3 is 2.71 bits per heavy atom. The van der Waals surface area contributed by atoms with E-state index in [0.29, 0.717) is 15.8 Å². The van der Waals surface area contributed by atoms with E-state index in [0.717, 1.165) is 12.8 Å². The van der Waals surface area contributed by atoms with Crippen LogP contribution in [0.15, 0.2) is 0 Å². The zero-order valence-corrected chi connectivity index (χ0v) is 11.1. The van der Waals surface area contributed by atoms with E-state index in [4.69, 9.17) is 4.74 Å². The predicted octanol–water partition coefficient (Wildman–Crippen LogP) is 2.93. The maximum absolute atomic E-state index is 11.3. The van der Waals surface area contributed by atoms with Crippen molar-refractivity contribution < 1.29 is 9.53 Å². The minimum absolute atomic E-state index is 0.00290. The molecule has 80 valence electrons. The summed E-state index contributed by atoms with van der Waals surface area (Å²) < 4.78 is 5.91. The number of rotatable bonds is 0. The molecular formula is C11H17IO2. The second-order valence-electron chi connectivity index (χ2n) is 5.80. The first kappa shape index (κ1) is 10.7. The van der Waals surface area contributed by atoms with Crippen LogP contribution in [0.25, 0.3) is 0 Å².